The smallest absolute Gasteiger partial charge is 0.444 e. The number of nitrogens with one attached hydrogen (secondary N) is 1. The number of thioether (sulfide) groups is 1. The van der Waals surface area contributed by atoms with Gasteiger partial charge in [-0.15, -0.1) is 0 Å². The van der Waals surface area contributed by atoms with Gasteiger partial charge in [-0.1, -0.05) is 11.8 Å². The third-order valence-electron chi connectivity index (χ3n) is 6.01. The molecule has 3 rings (SSSR count). The summed E-state index contributed by atoms with van der Waals surface area (Å²) in [6, 6.07) is -0.654. The summed E-state index contributed by atoms with van der Waals surface area (Å²) < 4.78 is 17.3. The fourth-order valence-corrected chi connectivity index (χ4v) is 4.48. The van der Waals surface area contributed by atoms with Crippen molar-refractivity contribution in [2.24, 2.45) is 0 Å². The van der Waals surface area contributed by atoms with Crippen LogP contribution in [0, 0.1) is 0 Å². The molecule has 2 fully saturated rings. The second-order valence-corrected chi connectivity index (χ2v) is 11.8. The Morgan fingerprint density at radius 1 is 1.21 bits per heavy atom. The van der Waals surface area contributed by atoms with Crippen LogP contribution in [-0.4, -0.2) is 75.2 Å². The molecule has 9 nitrogen and oxygen atoms in total. The van der Waals surface area contributed by atoms with Crippen molar-refractivity contribution in [2.75, 3.05) is 13.1 Å². The lowest BCUT2D eigenvalue weighted by Crippen LogP contribution is -2.47. The topological polar surface area (TPSA) is 103 Å². The molecule has 2 saturated heterocycles. The van der Waals surface area contributed by atoms with E-state index in [2.05, 4.69) is 15.3 Å². The van der Waals surface area contributed by atoms with E-state index in [-0.39, 0.29) is 11.2 Å². The Morgan fingerprint density at radius 3 is 2.33 bits per heavy atom. The zero-order valence-electron chi connectivity index (χ0n) is 20.8. The highest BCUT2D eigenvalue weighted by atomic mass is 32.2. The van der Waals surface area contributed by atoms with Gasteiger partial charge in [0.1, 0.15) is 11.6 Å². The Bertz CT molecular complexity index is 859. The van der Waals surface area contributed by atoms with Gasteiger partial charge in [-0.05, 0) is 61.8 Å². The first kappa shape index (κ1) is 25.8. The minimum absolute atomic E-state index is 0.124. The quantitative estimate of drug-likeness (QED) is 0.509. The van der Waals surface area contributed by atoms with Gasteiger partial charge < -0.3 is 24.3 Å². The first-order chi connectivity index (χ1) is 15.2. The maximum Gasteiger partial charge on any atom is 0.498 e. The van der Waals surface area contributed by atoms with Crippen molar-refractivity contribution in [2.45, 2.75) is 95.1 Å². The van der Waals surface area contributed by atoms with Crippen molar-refractivity contribution < 1.29 is 23.6 Å². The molecule has 2 atom stereocenters. The number of carbonyl (C=O) groups is 2. The highest BCUT2D eigenvalue weighted by molar-refractivity contribution is 7.99. The van der Waals surface area contributed by atoms with Gasteiger partial charge in [-0.3, -0.25) is 4.79 Å². The molecule has 1 aromatic rings. The standard InChI is InChI=1S/C22H35BN4O5S/c1-14(26-19(29)30-20(2,3)4)17(28)27-10-9-16(13-27)33-18-24-11-15(12-25-18)23-31-21(5,6)22(7,8)32-23/h11-12,14,16H,9-10,13H2,1-8H3,(H,26,29)/t14-,16-/m0/s1. The van der Waals surface area contributed by atoms with E-state index in [1.165, 1.54) is 0 Å². The highest BCUT2D eigenvalue weighted by Crippen LogP contribution is 2.36. The summed E-state index contributed by atoms with van der Waals surface area (Å²) in [5.74, 6) is -0.124. The maximum atomic E-state index is 12.7. The molecular formula is C22H35BN4O5S. The van der Waals surface area contributed by atoms with E-state index in [0.717, 1.165) is 11.9 Å². The predicted molar refractivity (Wildman–Crippen MR) is 127 cm³/mol. The van der Waals surface area contributed by atoms with E-state index >= 15 is 0 Å². The lowest BCUT2D eigenvalue weighted by molar-refractivity contribution is -0.131. The van der Waals surface area contributed by atoms with E-state index in [1.807, 2.05) is 27.7 Å². The first-order valence-corrected chi connectivity index (χ1v) is 12.2. The Morgan fingerprint density at radius 2 is 1.79 bits per heavy atom. The zero-order chi connectivity index (χ0) is 24.6. The first-order valence-electron chi connectivity index (χ1n) is 11.3. The molecule has 2 aliphatic rings. The molecule has 0 saturated carbocycles. The van der Waals surface area contributed by atoms with Crippen LogP contribution in [0.5, 0.6) is 0 Å². The van der Waals surface area contributed by atoms with Crippen LogP contribution in [0.4, 0.5) is 4.79 Å². The average Bonchev–Trinajstić information content (AvgIpc) is 3.21. The second-order valence-electron chi connectivity index (χ2n) is 10.6. The van der Waals surface area contributed by atoms with Crippen LogP contribution >= 0.6 is 11.8 Å². The number of aromatic nitrogens is 2. The summed E-state index contributed by atoms with van der Waals surface area (Å²) in [6.07, 6.45) is 3.71. The average molecular weight is 478 g/mol. The number of carbonyl (C=O) groups excluding carboxylic acids is 2. The van der Waals surface area contributed by atoms with Crippen LogP contribution in [0.1, 0.15) is 61.8 Å². The van der Waals surface area contributed by atoms with Gasteiger partial charge >= 0.3 is 13.2 Å². The number of nitrogens with zero attached hydrogens (tertiary/aromatic N) is 3. The lowest BCUT2D eigenvalue weighted by Gasteiger charge is -2.32. The third-order valence-corrected chi connectivity index (χ3v) is 7.15. The fourth-order valence-electron chi connectivity index (χ4n) is 3.48. The van der Waals surface area contributed by atoms with E-state index in [9.17, 15) is 9.59 Å². The molecule has 2 aliphatic heterocycles. The summed E-state index contributed by atoms with van der Waals surface area (Å²) in [7, 11) is -0.493. The number of amides is 2. The van der Waals surface area contributed by atoms with Gasteiger partial charge in [0.15, 0.2) is 5.16 Å². The highest BCUT2D eigenvalue weighted by Gasteiger charge is 2.52. The molecule has 11 heteroatoms. The number of hydrogen-bond donors (Lipinski definition) is 1. The Kier molecular flexibility index (Phi) is 7.36. The number of ether oxygens (including phenoxy) is 1. The number of likely N-dealkylation sites (tertiary alicyclic amines) is 1. The summed E-state index contributed by atoms with van der Waals surface area (Å²) in [4.78, 5) is 35.4. The normalized spacial score (nSPS) is 22.8. The van der Waals surface area contributed by atoms with E-state index < -0.39 is 36.1 Å². The molecule has 182 valence electrons. The molecular weight excluding hydrogens is 443 g/mol. The van der Waals surface area contributed by atoms with Crippen molar-refractivity contribution >= 4 is 36.3 Å². The van der Waals surface area contributed by atoms with E-state index in [1.54, 1.807) is 56.8 Å². The molecule has 0 radical (unpaired) electrons. The summed E-state index contributed by atoms with van der Waals surface area (Å²) in [5, 5.41) is 3.45. The van der Waals surface area contributed by atoms with Gasteiger partial charge in [0.2, 0.25) is 5.91 Å². The van der Waals surface area contributed by atoms with Crippen molar-refractivity contribution in [1.29, 1.82) is 0 Å². The fraction of sp³-hybridized carbons (Fsp3) is 0.727. The summed E-state index contributed by atoms with van der Waals surface area (Å²) >= 11 is 1.55. The molecule has 0 aliphatic carbocycles. The predicted octanol–water partition coefficient (Wildman–Crippen LogP) is 2.38. The number of hydrogen-bond acceptors (Lipinski definition) is 8. The monoisotopic (exact) mass is 478 g/mol. The second kappa shape index (κ2) is 9.42. The van der Waals surface area contributed by atoms with Crippen LogP contribution < -0.4 is 10.8 Å². The molecule has 0 spiro atoms. The van der Waals surface area contributed by atoms with Gasteiger partial charge in [-0.2, -0.15) is 0 Å². The van der Waals surface area contributed by atoms with Crippen molar-refractivity contribution in [3.8, 4) is 0 Å². The molecule has 2 amide bonds. The van der Waals surface area contributed by atoms with Crippen LogP contribution in [0.15, 0.2) is 17.6 Å². The van der Waals surface area contributed by atoms with Gasteiger partial charge in [0, 0.05) is 36.2 Å². The van der Waals surface area contributed by atoms with Crippen LogP contribution in [0.3, 0.4) is 0 Å². The molecule has 0 bridgehead atoms. The molecule has 3 heterocycles. The molecule has 0 aromatic carbocycles. The van der Waals surface area contributed by atoms with E-state index in [4.69, 9.17) is 14.0 Å². The van der Waals surface area contributed by atoms with Crippen molar-refractivity contribution in [1.82, 2.24) is 20.2 Å². The zero-order valence-corrected chi connectivity index (χ0v) is 21.6. The Labute approximate surface area is 200 Å². The van der Waals surface area contributed by atoms with Crippen LogP contribution in [-0.2, 0) is 18.8 Å². The molecule has 1 N–H and O–H groups in total. The summed E-state index contributed by atoms with van der Waals surface area (Å²) in [6.45, 7) is 16.3. The van der Waals surface area contributed by atoms with Crippen molar-refractivity contribution in [3.05, 3.63) is 12.4 Å². The minimum Gasteiger partial charge on any atom is -0.444 e. The summed E-state index contributed by atoms with van der Waals surface area (Å²) in [5.41, 5.74) is -0.663. The molecule has 1 aromatic heterocycles. The Hall–Kier alpha value is -1.85. The SMILES string of the molecule is C[C@H](NC(=O)OC(C)(C)C)C(=O)N1CC[C@H](Sc2ncc(B3OC(C)(C)C(C)(C)O3)cn2)C1. The largest absolute Gasteiger partial charge is 0.498 e. The third kappa shape index (κ3) is 6.39. The van der Waals surface area contributed by atoms with E-state index in [0.29, 0.717) is 18.2 Å². The van der Waals surface area contributed by atoms with Gasteiger partial charge in [0.05, 0.1) is 11.2 Å². The van der Waals surface area contributed by atoms with Crippen molar-refractivity contribution in [3.63, 3.8) is 0 Å². The number of rotatable bonds is 5. The lowest BCUT2D eigenvalue weighted by atomic mass is 9.81. The minimum atomic E-state index is -0.654. The number of alkyl carbamates (subject to hydrolysis) is 1. The van der Waals surface area contributed by atoms with Crippen LogP contribution in [0.2, 0.25) is 0 Å². The van der Waals surface area contributed by atoms with Gasteiger partial charge in [0.25, 0.3) is 0 Å². The van der Waals surface area contributed by atoms with Crippen LogP contribution in [0.25, 0.3) is 0 Å². The molecule has 0 unspecified atom stereocenters. The maximum absolute atomic E-state index is 12.7. The van der Waals surface area contributed by atoms with Gasteiger partial charge in [-0.25, -0.2) is 14.8 Å². The Balaban J connectivity index is 1.50. The molecule has 33 heavy (non-hydrogen) atoms.